The molecule has 23 heavy (non-hydrogen) atoms. The number of carboxylic acid groups (broad SMARTS) is 1. The SMILES string of the molecule is O=C(O)c1cccc(C#Cc2ccccc2)c1N1CCNCC1. The molecule has 1 saturated heterocycles. The zero-order valence-corrected chi connectivity index (χ0v) is 12.7. The van der Waals surface area contributed by atoms with E-state index in [1.165, 1.54) is 0 Å². The van der Waals surface area contributed by atoms with Gasteiger partial charge in [-0.1, -0.05) is 36.1 Å². The van der Waals surface area contributed by atoms with Crippen molar-refractivity contribution < 1.29 is 9.90 Å². The number of aromatic carboxylic acids is 1. The molecule has 0 spiro atoms. The van der Waals surface area contributed by atoms with Gasteiger partial charge in [-0.2, -0.15) is 0 Å². The molecule has 1 aliphatic rings. The number of para-hydroxylation sites is 1. The molecule has 0 aromatic heterocycles. The van der Waals surface area contributed by atoms with Crippen molar-refractivity contribution in [1.29, 1.82) is 0 Å². The molecular formula is C19H18N2O2. The van der Waals surface area contributed by atoms with Gasteiger partial charge in [0.2, 0.25) is 0 Å². The number of nitrogens with zero attached hydrogens (tertiary/aromatic N) is 1. The molecule has 0 atom stereocenters. The molecule has 0 amide bonds. The summed E-state index contributed by atoms with van der Waals surface area (Å²) in [5.41, 5.74) is 2.71. The average molecular weight is 306 g/mol. The Morgan fingerprint density at radius 3 is 2.43 bits per heavy atom. The van der Waals surface area contributed by atoms with E-state index in [9.17, 15) is 9.90 Å². The number of nitrogens with one attached hydrogen (secondary N) is 1. The summed E-state index contributed by atoms with van der Waals surface area (Å²) in [6.45, 7) is 3.26. The molecule has 0 unspecified atom stereocenters. The summed E-state index contributed by atoms with van der Waals surface area (Å²) in [4.78, 5) is 13.7. The van der Waals surface area contributed by atoms with Crippen molar-refractivity contribution in [3.8, 4) is 11.8 Å². The number of piperazine rings is 1. The number of rotatable bonds is 2. The maximum atomic E-state index is 11.6. The Kier molecular flexibility index (Phi) is 4.60. The Labute approximate surface area is 135 Å². The Balaban J connectivity index is 2.04. The highest BCUT2D eigenvalue weighted by molar-refractivity contribution is 5.96. The number of hydrogen-bond acceptors (Lipinski definition) is 3. The van der Waals surface area contributed by atoms with Crippen LogP contribution in [0.5, 0.6) is 0 Å². The minimum atomic E-state index is -0.915. The third-order valence-electron chi connectivity index (χ3n) is 3.81. The molecule has 116 valence electrons. The van der Waals surface area contributed by atoms with Crippen LogP contribution in [0.15, 0.2) is 48.5 Å². The molecule has 0 radical (unpaired) electrons. The first-order valence-corrected chi connectivity index (χ1v) is 7.65. The quantitative estimate of drug-likeness (QED) is 0.835. The fourth-order valence-electron chi connectivity index (χ4n) is 2.71. The van der Waals surface area contributed by atoms with E-state index in [4.69, 9.17) is 0 Å². The van der Waals surface area contributed by atoms with Crippen molar-refractivity contribution in [3.63, 3.8) is 0 Å². The summed E-state index contributed by atoms with van der Waals surface area (Å²) >= 11 is 0. The van der Waals surface area contributed by atoms with Crippen LogP contribution >= 0.6 is 0 Å². The predicted molar refractivity (Wildman–Crippen MR) is 90.9 cm³/mol. The number of carboxylic acids is 1. The van der Waals surface area contributed by atoms with Gasteiger partial charge in [-0.3, -0.25) is 0 Å². The lowest BCUT2D eigenvalue weighted by Gasteiger charge is -2.31. The van der Waals surface area contributed by atoms with Crippen LogP contribution in [0.1, 0.15) is 21.5 Å². The van der Waals surface area contributed by atoms with E-state index in [1.807, 2.05) is 36.4 Å². The molecule has 0 saturated carbocycles. The first-order valence-electron chi connectivity index (χ1n) is 7.65. The first kappa shape index (κ1) is 15.1. The topological polar surface area (TPSA) is 52.6 Å². The van der Waals surface area contributed by atoms with Crippen LogP contribution in [-0.2, 0) is 0 Å². The van der Waals surface area contributed by atoms with Crippen LogP contribution in [0.2, 0.25) is 0 Å². The molecule has 2 N–H and O–H groups in total. The molecule has 2 aromatic rings. The minimum absolute atomic E-state index is 0.312. The highest BCUT2D eigenvalue weighted by atomic mass is 16.4. The van der Waals surface area contributed by atoms with Gasteiger partial charge < -0.3 is 15.3 Å². The summed E-state index contributed by atoms with van der Waals surface area (Å²) in [6, 6.07) is 15.0. The van der Waals surface area contributed by atoms with Gasteiger partial charge in [-0.05, 0) is 24.3 Å². The van der Waals surface area contributed by atoms with Crippen LogP contribution in [0, 0.1) is 11.8 Å². The van der Waals surface area contributed by atoms with Crippen LogP contribution < -0.4 is 10.2 Å². The van der Waals surface area contributed by atoms with Crippen molar-refractivity contribution in [1.82, 2.24) is 5.32 Å². The largest absolute Gasteiger partial charge is 0.478 e. The van der Waals surface area contributed by atoms with Gasteiger partial charge in [0.05, 0.1) is 11.3 Å². The van der Waals surface area contributed by atoms with E-state index in [-0.39, 0.29) is 0 Å². The molecule has 0 aliphatic carbocycles. The van der Waals surface area contributed by atoms with Gasteiger partial charge in [-0.25, -0.2) is 4.79 Å². The van der Waals surface area contributed by atoms with Crippen molar-refractivity contribution >= 4 is 11.7 Å². The van der Waals surface area contributed by atoms with Crippen LogP contribution in [-0.4, -0.2) is 37.3 Å². The fraction of sp³-hybridized carbons (Fsp3) is 0.211. The second kappa shape index (κ2) is 6.99. The number of hydrogen-bond donors (Lipinski definition) is 2. The zero-order valence-electron chi connectivity index (χ0n) is 12.7. The van der Waals surface area contributed by atoms with Crippen molar-refractivity contribution in [2.45, 2.75) is 0 Å². The molecule has 4 heteroatoms. The van der Waals surface area contributed by atoms with Gasteiger partial charge in [0.1, 0.15) is 0 Å². The second-order valence-corrected chi connectivity index (χ2v) is 5.36. The standard InChI is InChI=1S/C19H18N2O2/c22-19(23)17-8-4-7-16(10-9-15-5-2-1-3-6-15)18(17)21-13-11-20-12-14-21/h1-8,20H,11-14H2,(H,22,23). The van der Waals surface area contributed by atoms with Crippen LogP contribution in [0.3, 0.4) is 0 Å². The number of anilines is 1. The highest BCUT2D eigenvalue weighted by Gasteiger charge is 2.20. The monoisotopic (exact) mass is 306 g/mol. The van der Waals surface area contributed by atoms with E-state index in [2.05, 4.69) is 22.1 Å². The second-order valence-electron chi connectivity index (χ2n) is 5.36. The smallest absolute Gasteiger partial charge is 0.337 e. The highest BCUT2D eigenvalue weighted by Crippen LogP contribution is 2.26. The molecule has 0 bridgehead atoms. The lowest BCUT2D eigenvalue weighted by molar-refractivity contribution is 0.0697. The maximum Gasteiger partial charge on any atom is 0.337 e. The van der Waals surface area contributed by atoms with E-state index < -0.39 is 5.97 Å². The fourth-order valence-corrected chi connectivity index (χ4v) is 2.71. The summed E-state index contributed by atoms with van der Waals surface area (Å²) in [5.74, 6) is 5.35. The van der Waals surface area contributed by atoms with Crippen molar-refractivity contribution in [3.05, 3.63) is 65.2 Å². The summed E-state index contributed by atoms with van der Waals surface area (Å²) in [7, 11) is 0. The van der Waals surface area contributed by atoms with Crippen molar-refractivity contribution in [2.75, 3.05) is 31.1 Å². The maximum absolute atomic E-state index is 11.6. The molecule has 1 fully saturated rings. The lowest BCUT2D eigenvalue weighted by Crippen LogP contribution is -2.44. The molecule has 1 aliphatic heterocycles. The molecule has 2 aromatic carbocycles. The number of carbonyl (C=O) groups is 1. The molecule has 1 heterocycles. The van der Waals surface area contributed by atoms with Crippen LogP contribution in [0.25, 0.3) is 0 Å². The van der Waals surface area contributed by atoms with Gasteiger partial charge in [-0.15, -0.1) is 0 Å². The third kappa shape index (κ3) is 3.53. The molecular weight excluding hydrogens is 288 g/mol. The lowest BCUT2D eigenvalue weighted by atomic mass is 10.0. The Hall–Kier alpha value is -2.77. The number of benzene rings is 2. The minimum Gasteiger partial charge on any atom is -0.478 e. The van der Waals surface area contributed by atoms with E-state index in [0.717, 1.165) is 43.0 Å². The van der Waals surface area contributed by atoms with E-state index in [1.54, 1.807) is 12.1 Å². The summed E-state index contributed by atoms with van der Waals surface area (Å²) in [5, 5.41) is 12.8. The van der Waals surface area contributed by atoms with Gasteiger partial charge >= 0.3 is 5.97 Å². The summed E-state index contributed by atoms with van der Waals surface area (Å²) < 4.78 is 0. The Morgan fingerprint density at radius 2 is 1.74 bits per heavy atom. The molecule has 3 rings (SSSR count). The molecule has 4 nitrogen and oxygen atoms in total. The van der Waals surface area contributed by atoms with Crippen LogP contribution in [0.4, 0.5) is 5.69 Å². The zero-order chi connectivity index (χ0) is 16.1. The Bertz CT molecular complexity index is 754. The Morgan fingerprint density at radius 1 is 1.00 bits per heavy atom. The average Bonchev–Trinajstić information content (AvgIpc) is 2.61. The summed E-state index contributed by atoms with van der Waals surface area (Å²) in [6.07, 6.45) is 0. The third-order valence-corrected chi connectivity index (χ3v) is 3.81. The first-order chi connectivity index (χ1) is 11.3. The predicted octanol–water partition coefficient (Wildman–Crippen LogP) is 2.19. The van der Waals surface area contributed by atoms with Crippen molar-refractivity contribution in [2.24, 2.45) is 0 Å². The van der Waals surface area contributed by atoms with E-state index >= 15 is 0 Å². The van der Waals surface area contributed by atoms with E-state index in [0.29, 0.717) is 5.56 Å². The van der Waals surface area contributed by atoms with Gasteiger partial charge in [0.25, 0.3) is 0 Å². The normalized spacial score (nSPS) is 14.0. The van der Waals surface area contributed by atoms with Gasteiger partial charge in [0, 0.05) is 37.3 Å². The van der Waals surface area contributed by atoms with Gasteiger partial charge in [0.15, 0.2) is 0 Å².